The van der Waals surface area contributed by atoms with Gasteiger partial charge in [-0.3, -0.25) is 9.97 Å². The summed E-state index contributed by atoms with van der Waals surface area (Å²) < 4.78 is 32.8. The van der Waals surface area contributed by atoms with E-state index in [2.05, 4.69) is 24.7 Å². The lowest BCUT2D eigenvalue weighted by atomic mass is 10.3. The summed E-state index contributed by atoms with van der Waals surface area (Å²) in [5.41, 5.74) is 0.671. The van der Waals surface area contributed by atoms with Crippen LogP contribution in [-0.2, 0) is 10.0 Å². The SMILES string of the molecule is COc1cncc(C2=NS(=O)(=O)c3cnccc3N2)n1. The third-order valence-corrected chi connectivity index (χ3v) is 3.90. The lowest BCUT2D eigenvalue weighted by molar-refractivity contribution is 0.395. The Morgan fingerprint density at radius 2 is 2.05 bits per heavy atom. The zero-order chi connectivity index (χ0) is 14.2. The van der Waals surface area contributed by atoms with Gasteiger partial charge in [0.25, 0.3) is 10.0 Å². The lowest BCUT2D eigenvalue weighted by Gasteiger charge is -2.16. The van der Waals surface area contributed by atoms with Crippen LogP contribution in [0.3, 0.4) is 0 Å². The Balaban J connectivity index is 2.11. The van der Waals surface area contributed by atoms with E-state index in [0.717, 1.165) is 0 Å². The van der Waals surface area contributed by atoms with E-state index in [1.807, 2.05) is 0 Å². The Morgan fingerprint density at radius 3 is 2.85 bits per heavy atom. The van der Waals surface area contributed by atoms with Crippen LogP contribution in [0, 0.1) is 0 Å². The van der Waals surface area contributed by atoms with Gasteiger partial charge in [0.2, 0.25) is 5.88 Å². The molecular weight excluding hydrogens is 282 g/mol. The predicted molar refractivity (Wildman–Crippen MR) is 70.2 cm³/mol. The highest BCUT2D eigenvalue weighted by molar-refractivity contribution is 7.90. The zero-order valence-electron chi connectivity index (χ0n) is 10.3. The van der Waals surface area contributed by atoms with E-state index in [4.69, 9.17) is 4.74 Å². The minimum Gasteiger partial charge on any atom is -0.480 e. The van der Waals surface area contributed by atoms with Gasteiger partial charge < -0.3 is 10.1 Å². The second kappa shape index (κ2) is 4.53. The molecule has 0 saturated carbocycles. The smallest absolute Gasteiger partial charge is 0.287 e. The van der Waals surface area contributed by atoms with Crippen LogP contribution in [-0.4, -0.2) is 36.3 Å². The summed E-state index contributed by atoms with van der Waals surface area (Å²) in [4.78, 5) is 11.8. The molecule has 0 radical (unpaired) electrons. The molecule has 1 N–H and O–H groups in total. The molecule has 0 bridgehead atoms. The Morgan fingerprint density at radius 1 is 1.20 bits per heavy atom. The van der Waals surface area contributed by atoms with Crippen molar-refractivity contribution in [1.29, 1.82) is 0 Å². The van der Waals surface area contributed by atoms with E-state index < -0.39 is 10.0 Å². The van der Waals surface area contributed by atoms with Crippen LogP contribution in [0.2, 0.25) is 0 Å². The summed E-state index contributed by atoms with van der Waals surface area (Å²) in [6, 6.07) is 1.55. The van der Waals surface area contributed by atoms with Crippen LogP contribution < -0.4 is 10.1 Å². The first kappa shape index (κ1) is 12.5. The number of anilines is 1. The molecule has 102 valence electrons. The maximum absolute atomic E-state index is 12.1. The van der Waals surface area contributed by atoms with E-state index in [1.54, 1.807) is 6.07 Å². The van der Waals surface area contributed by atoms with Crippen LogP contribution in [0.4, 0.5) is 5.69 Å². The highest BCUT2D eigenvalue weighted by Gasteiger charge is 2.26. The Labute approximate surface area is 114 Å². The summed E-state index contributed by atoms with van der Waals surface area (Å²) in [5.74, 6) is 0.361. The van der Waals surface area contributed by atoms with Crippen molar-refractivity contribution in [3.63, 3.8) is 0 Å². The number of aromatic nitrogens is 3. The van der Waals surface area contributed by atoms with Gasteiger partial charge in [0.05, 0.1) is 25.2 Å². The molecule has 2 aromatic rings. The molecule has 1 aliphatic rings. The van der Waals surface area contributed by atoms with Crippen LogP contribution in [0.15, 0.2) is 40.1 Å². The molecule has 0 amide bonds. The quantitative estimate of drug-likeness (QED) is 0.855. The first-order valence-corrected chi connectivity index (χ1v) is 6.96. The van der Waals surface area contributed by atoms with Gasteiger partial charge in [0.1, 0.15) is 10.6 Å². The van der Waals surface area contributed by atoms with Crippen molar-refractivity contribution in [1.82, 2.24) is 15.0 Å². The number of pyridine rings is 1. The van der Waals surface area contributed by atoms with Crippen molar-refractivity contribution >= 4 is 21.5 Å². The molecule has 8 nitrogen and oxygen atoms in total. The minimum atomic E-state index is -3.80. The standard InChI is InChI=1S/C11H9N5O3S/c1-19-10-6-13-4-8(14-10)11-15-7-2-3-12-5-9(7)20(17,18)16-11/h2-6H,1H3,(H,15,16). The van der Waals surface area contributed by atoms with Gasteiger partial charge in [0.15, 0.2) is 5.84 Å². The fraction of sp³-hybridized carbons (Fsp3) is 0.0909. The molecule has 0 unspecified atom stereocenters. The molecule has 1 aliphatic heterocycles. The molecule has 0 spiro atoms. The summed E-state index contributed by atoms with van der Waals surface area (Å²) in [6.45, 7) is 0. The van der Waals surface area contributed by atoms with Gasteiger partial charge in [-0.05, 0) is 6.07 Å². The van der Waals surface area contributed by atoms with E-state index >= 15 is 0 Å². The number of ether oxygens (including phenoxy) is 1. The van der Waals surface area contributed by atoms with Gasteiger partial charge in [-0.25, -0.2) is 4.98 Å². The normalized spacial score (nSPS) is 15.8. The average molecular weight is 291 g/mol. The second-order valence-electron chi connectivity index (χ2n) is 3.86. The number of fused-ring (bicyclic) bond motifs is 1. The van der Waals surface area contributed by atoms with Gasteiger partial charge >= 0.3 is 0 Å². The molecule has 9 heteroatoms. The maximum Gasteiger partial charge on any atom is 0.287 e. The summed E-state index contributed by atoms with van der Waals surface area (Å²) in [6.07, 6.45) is 5.55. The molecule has 20 heavy (non-hydrogen) atoms. The molecule has 0 fully saturated rings. The van der Waals surface area contributed by atoms with E-state index in [9.17, 15) is 8.42 Å². The first-order valence-electron chi connectivity index (χ1n) is 5.52. The van der Waals surface area contributed by atoms with Gasteiger partial charge in [-0.1, -0.05) is 0 Å². The van der Waals surface area contributed by atoms with Gasteiger partial charge in [-0.15, -0.1) is 4.40 Å². The van der Waals surface area contributed by atoms with E-state index in [1.165, 1.54) is 31.9 Å². The first-order chi connectivity index (χ1) is 9.60. The highest BCUT2D eigenvalue weighted by Crippen LogP contribution is 2.26. The highest BCUT2D eigenvalue weighted by atomic mass is 32.2. The van der Waals surface area contributed by atoms with E-state index in [-0.39, 0.29) is 22.3 Å². The number of methoxy groups -OCH3 is 1. The van der Waals surface area contributed by atoms with Crippen molar-refractivity contribution < 1.29 is 13.2 Å². The number of hydrogen-bond donors (Lipinski definition) is 1. The second-order valence-corrected chi connectivity index (χ2v) is 5.43. The van der Waals surface area contributed by atoms with E-state index in [0.29, 0.717) is 5.69 Å². The monoisotopic (exact) mass is 291 g/mol. The molecule has 0 atom stereocenters. The summed E-state index contributed by atoms with van der Waals surface area (Å²) >= 11 is 0. The van der Waals surface area contributed by atoms with Gasteiger partial charge in [-0.2, -0.15) is 8.42 Å². The molecule has 3 heterocycles. The minimum absolute atomic E-state index is 0.0274. The lowest BCUT2D eigenvalue weighted by Crippen LogP contribution is -2.23. The van der Waals surface area contributed by atoms with Crippen molar-refractivity contribution in [2.24, 2.45) is 4.40 Å². The van der Waals surface area contributed by atoms with Crippen LogP contribution in [0.25, 0.3) is 0 Å². The topological polar surface area (TPSA) is 106 Å². The number of rotatable bonds is 2. The Kier molecular flexibility index (Phi) is 2.83. The summed E-state index contributed by atoms with van der Waals surface area (Å²) in [7, 11) is -2.36. The van der Waals surface area contributed by atoms with Gasteiger partial charge in [0, 0.05) is 12.4 Å². The number of amidine groups is 1. The number of sulfonamides is 1. The third-order valence-electron chi connectivity index (χ3n) is 2.59. The third kappa shape index (κ3) is 2.07. The zero-order valence-corrected chi connectivity index (χ0v) is 11.1. The average Bonchev–Trinajstić information content (AvgIpc) is 2.46. The number of nitrogens with zero attached hydrogens (tertiary/aromatic N) is 4. The molecular formula is C11H9N5O3S. The molecule has 0 saturated heterocycles. The fourth-order valence-electron chi connectivity index (χ4n) is 1.68. The van der Waals surface area contributed by atoms with Crippen molar-refractivity contribution in [2.75, 3.05) is 12.4 Å². The maximum atomic E-state index is 12.1. The molecule has 3 rings (SSSR count). The number of hydrogen-bond acceptors (Lipinski definition) is 7. The Bertz CT molecular complexity index is 803. The van der Waals surface area contributed by atoms with Crippen LogP contribution in [0.1, 0.15) is 5.69 Å². The van der Waals surface area contributed by atoms with Crippen LogP contribution >= 0.6 is 0 Å². The fourth-order valence-corrected chi connectivity index (χ4v) is 2.75. The van der Waals surface area contributed by atoms with Crippen LogP contribution in [0.5, 0.6) is 5.88 Å². The van der Waals surface area contributed by atoms with Crippen molar-refractivity contribution in [3.8, 4) is 5.88 Å². The molecule has 0 aromatic carbocycles. The predicted octanol–water partition coefficient (Wildman–Crippen LogP) is 0.441. The molecule has 2 aromatic heterocycles. The van der Waals surface area contributed by atoms with Crippen molar-refractivity contribution in [2.45, 2.75) is 4.90 Å². The largest absolute Gasteiger partial charge is 0.480 e. The van der Waals surface area contributed by atoms with Crippen molar-refractivity contribution in [3.05, 3.63) is 36.5 Å². The Hall–Kier alpha value is -2.55. The number of nitrogens with one attached hydrogen (secondary N) is 1. The molecule has 0 aliphatic carbocycles. The summed E-state index contributed by atoms with van der Waals surface area (Å²) in [5, 5.41) is 2.89.